The zero-order valence-corrected chi connectivity index (χ0v) is 8.77. The molecule has 0 spiro atoms. The summed E-state index contributed by atoms with van der Waals surface area (Å²) in [6.07, 6.45) is 2.72. The summed E-state index contributed by atoms with van der Waals surface area (Å²) in [6.45, 7) is 0. The van der Waals surface area contributed by atoms with Gasteiger partial charge in [0.25, 0.3) is 0 Å². The molecule has 0 aliphatic rings. The summed E-state index contributed by atoms with van der Waals surface area (Å²) >= 11 is 8.11. The lowest BCUT2D eigenvalue weighted by molar-refractivity contribution is -0.107. The molecule has 4 heteroatoms. The Hall–Kier alpha value is -0.670. The van der Waals surface area contributed by atoms with Crippen molar-refractivity contribution in [1.82, 2.24) is 0 Å². The zero-order valence-electron chi connectivity index (χ0n) is 6.43. The number of allylic oxidation sites excluding steroid dienone is 1. The van der Waals surface area contributed by atoms with Crippen molar-refractivity contribution >= 4 is 38.8 Å². The van der Waals surface area contributed by atoms with Gasteiger partial charge in [0.2, 0.25) is 5.24 Å². The Balaban J connectivity index is 2.92. The fraction of sp³-hybridized carbons (Fsp3) is 0. The highest BCUT2D eigenvalue weighted by Gasteiger charge is 1.97. The van der Waals surface area contributed by atoms with Gasteiger partial charge in [-0.05, 0) is 51.3 Å². The van der Waals surface area contributed by atoms with Gasteiger partial charge in [0.15, 0.2) is 0 Å². The van der Waals surface area contributed by atoms with E-state index in [0.717, 1.165) is 0 Å². The van der Waals surface area contributed by atoms with E-state index in [4.69, 9.17) is 11.6 Å². The fourth-order valence-electron chi connectivity index (χ4n) is 0.778. The second-order valence-electron chi connectivity index (χ2n) is 2.31. The molecule has 0 bridgehead atoms. The smallest absolute Gasteiger partial charge is 0.245 e. The van der Waals surface area contributed by atoms with E-state index in [0.29, 0.717) is 10.0 Å². The van der Waals surface area contributed by atoms with Crippen molar-refractivity contribution in [2.75, 3.05) is 0 Å². The molecule has 0 aliphatic carbocycles. The molecule has 0 amide bonds. The Labute approximate surface area is 88.3 Å². The molecule has 0 saturated carbocycles. The predicted octanol–water partition coefficient (Wildman–Crippen LogP) is 3.37. The number of rotatable bonds is 2. The monoisotopic (exact) mass is 262 g/mol. The number of halogens is 3. The number of hydrogen-bond donors (Lipinski definition) is 0. The van der Waals surface area contributed by atoms with Crippen molar-refractivity contribution in [3.63, 3.8) is 0 Å². The second-order valence-corrected chi connectivity index (χ2v) is 3.54. The lowest BCUT2D eigenvalue weighted by atomic mass is 10.2. The Kier molecular flexibility index (Phi) is 3.63. The highest BCUT2D eigenvalue weighted by atomic mass is 79.9. The average molecular weight is 263 g/mol. The minimum Gasteiger partial charge on any atom is -0.276 e. The molecule has 0 fully saturated rings. The van der Waals surface area contributed by atoms with Gasteiger partial charge in [0.1, 0.15) is 5.82 Å². The number of carbonyl (C=O) groups is 1. The summed E-state index contributed by atoms with van der Waals surface area (Å²) in [6, 6.07) is 4.42. The maximum Gasteiger partial charge on any atom is 0.245 e. The summed E-state index contributed by atoms with van der Waals surface area (Å²) in [5.74, 6) is -0.339. The average Bonchev–Trinajstić information content (AvgIpc) is 2.07. The number of carbonyl (C=O) groups excluding carboxylic acids is 1. The van der Waals surface area contributed by atoms with E-state index in [1.54, 1.807) is 12.1 Å². The molecule has 13 heavy (non-hydrogen) atoms. The molecule has 68 valence electrons. The van der Waals surface area contributed by atoms with Crippen molar-refractivity contribution in [1.29, 1.82) is 0 Å². The quantitative estimate of drug-likeness (QED) is 0.590. The first kappa shape index (κ1) is 10.4. The molecule has 0 atom stereocenters. The molecular formula is C9H5BrClFO. The van der Waals surface area contributed by atoms with E-state index in [1.165, 1.54) is 18.2 Å². The van der Waals surface area contributed by atoms with E-state index in [1.807, 2.05) is 0 Å². The van der Waals surface area contributed by atoms with E-state index in [-0.39, 0.29) is 5.82 Å². The predicted molar refractivity (Wildman–Crippen MR) is 54.0 cm³/mol. The minimum absolute atomic E-state index is 0.339. The molecule has 0 heterocycles. The Bertz CT molecular complexity index is 363. The molecule has 1 rings (SSSR count). The Morgan fingerprint density at radius 1 is 1.54 bits per heavy atom. The summed E-state index contributed by atoms with van der Waals surface area (Å²) in [7, 11) is 0. The van der Waals surface area contributed by atoms with Crippen LogP contribution in [0.1, 0.15) is 5.56 Å². The third-order valence-corrected chi connectivity index (χ3v) is 2.08. The maximum atomic E-state index is 12.7. The van der Waals surface area contributed by atoms with E-state index in [2.05, 4.69) is 15.9 Å². The van der Waals surface area contributed by atoms with Crippen LogP contribution in [0, 0.1) is 5.82 Å². The van der Waals surface area contributed by atoms with Crippen LogP contribution in [-0.2, 0) is 4.79 Å². The van der Waals surface area contributed by atoms with Crippen molar-refractivity contribution in [2.45, 2.75) is 0 Å². The van der Waals surface area contributed by atoms with Crippen molar-refractivity contribution in [3.8, 4) is 0 Å². The Morgan fingerprint density at radius 2 is 2.23 bits per heavy atom. The molecule has 0 unspecified atom stereocenters. The van der Waals surface area contributed by atoms with Crippen LogP contribution < -0.4 is 0 Å². The first-order chi connectivity index (χ1) is 6.09. The Morgan fingerprint density at radius 3 is 2.77 bits per heavy atom. The summed E-state index contributed by atoms with van der Waals surface area (Å²) in [4.78, 5) is 10.4. The number of hydrogen-bond acceptors (Lipinski definition) is 1. The first-order valence-corrected chi connectivity index (χ1v) is 4.59. The van der Waals surface area contributed by atoms with Crippen molar-refractivity contribution in [2.24, 2.45) is 0 Å². The molecule has 1 aromatic carbocycles. The van der Waals surface area contributed by atoms with Crippen LogP contribution >= 0.6 is 27.5 Å². The first-order valence-electron chi connectivity index (χ1n) is 3.42. The molecule has 1 nitrogen and oxygen atoms in total. The molecule has 0 N–H and O–H groups in total. The lowest BCUT2D eigenvalue weighted by Gasteiger charge is -1.95. The van der Waals surface area contributed by atoms with Gasteiger partial charge in [0, 0.05) is 0 Å². The van der Waals surface area contributed by atoms with E-state index < -0.39 is 5.24 Å². The summed E-state index contributed by atoms with van der Waals surface area (Å²) in [5.41, 5.74) is 0.710. The van der Waals surface area contributed by atoms with Crippen LogP contribution in [0.25, 0.3) is 6.08 Å². The molecule has 0 saturated heterocycles. The third kappa shape index (κ3) is 3.28. The highest BCUT2D eigenvalue weighted by molar-refractivity contribution is 9.10. The van der Waals surface area contributed by atoms with Gasteiger partial charge in [-0.25, -0.2) is 4.39 Å². The van der Waals surface area contributed by atoms with Gasteiger partial charge in [-0.1, -0.05) is 12.1 Å². The lowest BCUT2D eigenvalue weighted by Crippen LogP contribution is -1.80. The van der Waals surface area contributed by atoms with E-state index >= 15 is 0 Å². The minimum atomic E-state index is -0.555. The summed E-state index contributed by atoms with van der Waals surface area (Å²) < 4.78 is 13.1. The van der Waals surface area contributed by atoms with Crippen molar-refractivity contribution in [3.05, 3.63) is 40.1 Å². The largest absolute Gasteiger partial charge is 0.276 e. The summed E-state index contributed by atoms with van der Waals surface area (Å²) in [5, 5.41) is -0.555. The van der Waals surface area contributed by atoms with Crippen LogP contribution in [0.4, 0.5) is 4.39 Å². The molecule has 1 aromatic rings. The van der Waals surface area contributed by atoms with Gasteiger partial charge in [-0.2, -0.15) is 0 Å². The zero-order chi connectivity index (χ0) is 9.84. The molecule has 0 aromatic heterocycles. The molecule has 0 aliphatic heterocycles. The topological polar surface area (TPSA) is 17.1 Å². The third-order valence-electron chi connectivity index (χ3n) is 1.35. The van der Waals surface area contributed by atoms with Gasteiger partial charge in [-0.3, -0.25) is 4.79 Å². The highest BCUT2D eigenvalue weighted by Crippen LogP contribution is 2.17. The maximum absolute atomic E-state index is 12.7. The molecule has 0 radical (unpaired) electrons. The van der Waals surface area contributed by atoms with Crippen molar-refractivity contribution < 1.29 is 9.18 Å². The fourth-order valence-corrected chi connectivity index (χ4v) is 1.24. The van der Waals surface area contributed by atoms with Gasteiger partial charge in [-0.15, -0.1) is 0 Å². The molecular weight excluding hydrogens is 258 g/mol. The van der Waals surface area contributed by atoms with E-state index in [9.17, 15) is 9.18 Å². The standard InChI is InChI=1S/C9H5BrClFO/c10-7-5-6(1-3-8(7)12)2-4-9(11)13/h1-5H/b4-2-. The van der Waals surface area contributed by atoms with Gasteiger partial charge >= 0.3 is 0 Å². The van der Waals surface area contributed by atoms with Crippen LogP contribution in [0.15, 0.2) is 28.7 Å². The second kappa shape index (κ2) is 4.53. The number of benzene rings is 1. The van der Waals surface area contributed by atoms with Crippen LogP contribution in [-0.4, -0.2) is 5.24 Å². The van der Waals surface area contributed by atoms with Crippen LogP contribution in [0.5, 0.6) is 0 Å². The van der Waals surface area contributed by atoms with Crippen LogP contribution in [0.3, 0.4) is 0 Å². The van der Waals surface area contributed by atoms with Gasteiger partial charge in [0.05, 0.1) is 4.47 Å². The normalized spacial score (nSPS) is 10.7. The SMILES string of the molecule is O=C(Cl)/C=C\c1ccc(F)c(Br)c1. The van der Waals surface area contributed by atoms with Crippen LogP contribution in [0.2, 0.25) is 0 Å². The van der Waals surface area contributed by atoms with Gasteiger partial charge < -0.3 is 0 Å².